The average molecular weight is 258 g/mol. The second-order valence-corrected chi connectivity index (χ2v) is 7.29. The van der Waals surface area contributed by atoms with Gasteiger partial charge in [-0.1, -0.05) is 13.8 Å². The van der Waals surface area contributed by atoms with Crippen LogP contribution in [0.5, 0.6) is 0 Å². The van der Waals surface area contributed by atoms with Crippen LogP contribution in [0.4, 0.5) is 0 Å². The summed E-state index contributed by atoms with van der Waals surface area (Å²) in [7, 11) is 0. The van der Waals surface area contributed by atoms with E-state index < -0.39 is 0 Å². The number of hydrogen-bond acceptors (Lipinski definition) is 5. The minimum Gasteiger partial charge on any atom is -0.377 e. The lowest BCUT2D eigenvalue weighted by Gasteiger charge is -2.25. The van der Waals surface area contributed by atoms with E-state index in [2.05, 4.69) is 50.5 Å². The Morgan fingerprint density at radius 2 is 1.15 bits per heavy atom. The van der Waals surface area contributed by atoms with Crippen LogP contribution in [0.2, 0.25) is 0 Å². The van der Waals surface area contributed by atoms with Crippen LogP contribution in [0.15, 0.2) is 0 Å². The molecule has 80 valence electrons. The maximum atomic E-state index is 5.44. The molecule has 0 aliphatic heterocycles. The second kappa shape index (κ2) is 6.05. The van der Waals surface area contributed by atoms with E-state index in [9.17, 15) is 0 Å². The topological polar surface area (TPSA) is 9.23 Å². The molecule has 0 fully saturated rings. The zero-order chi connectivity index (χ0) is 10.5. The quantitative estimate of drug-likeness (QED) is 0.423. The summed E-state index contributed by atoms with van der Waals surface area (Å²) in [4.78, 5) is 0. The van der Waals surface area contributed by atoms with Crippen molar-refractivity contribution in [3.8, 4) is 0 Å². The number of ether oxygens (including phenoxy) is 1. The van der Waals surface area contributed by atoms with E-state index in [4.69, 9.17) is 4.74 Å². The van der Waals surface area contributed by atoms with E-state index in [0.717, 1.165) is 12.8 Å². The first-order valence-electron chi connectivity index (χ1n) is 4.30. The van der Waals surface area contributed by atoms with E-state index in [0.29, 0.717) is 13.2 Å². The summed E-state index contributed by atoms with van der Waals surface area (Å²) < 4.78 is 4.76. The third-order valence-electron chi connectivity index (χ3n) is 1.80. The normalized spacial score (nSPS) is 13.4. The Labute approximate surface area is 103 Å². The highest BCUT2D eigenvalue weighted by atomic mass is 32.2. The highest BCUT2D eigenvalue weighted by Crippen LogP contribution is 2.27. The van der Waals surface area contributed by atoms with Crippen LogP contribution >= 0.6 is 50.5 Å². The summed E-state index contributed by atoms with van der Waals surface area (Å²) in [6, 6.07) is 0. The van der Waals surface area contributed by atoms with Gasteiger partial charge in [-0.3, -0.25) is 0 Å². The largest absolute Gasteiger partial charge is 0.377 e. The van der Waals surface area contributed by atoms with Gasteiger partial charge < -0.3 is 4.74 Å². The van der Waals surface area contributed by atoms with Crippen LogP contribution in [0, 0.1) is 0 Å². The zero-order valence-corrected chi connectivity index (χ0v) is 11.6. The first-order valence-corrected chi connectivity index (χ1v) is 6.09. The van der Waals surface area contributed by atoms with Crippen molar-refractivity contribution in [2.45, 2.75) is 34.8 Å². The van der Waals surface area contributed by atoms with Gasteiger partial charge in [0.15, 0.2) is 0 Å². The molecule has 0 bridgehead atoms. The van der Waals surface area contributed by atoms with Gasteiger partial charge in [0.2, 0.25) is 0 Å². The molecule has 0 aromatic rings. The number of thiol groups is 4. The molecule has 0 spiro atoms. The Morgan fingerprint density at radius 3 is 1.38 bits per heavy atom. The lowest BCUT2D eigenvalue weighted by Crippen LogP contribution is -2.26. The van der Waals surface area contributed by atoms with Gasteiger partial charge >= 0.3 is 0 Å². The number of rotatable bonds is 6. The maximum Gasteiger partial charge on any atom is 0.0781 e. The standard InChI is InChI=1S/C8H18OS4/c1-3-7(10,11)5-9-6-8(12,13)4-2/h10-13H,3-6H2,1-2H3. The van der Waals surface area contributed by atoms with Crippen LogP contribution in [0.3, 0.4) is 0 Å². The van der Waals surface area contributed by atoms with Gasteiger partial charge in [0.1, 0.15) is 0 Å². The first kappa shape index (κ1) is 14.4. The highest BCUT2D eigenvalue weighted by molar-refractivity contribution is 8.01. The summed E-state index contributed by atoms with van der Waals surface area (Å²) in [5.74, 6) is 0. The van der Waals surface area contributed by atoms with E-state index in [1.165, 1.54) is 0 Å². The molecule has 5 heteroatoms. The van der Waals surface area contributed by atoms with Crippen molar-refractivity contribution < 1.29 is 4.74 Å². The van der Waals surface area contributed by atoms with Crippen molar-refractivity contribution in [3.05, 3.63) is 0 Å². The predicted molar refractivity (Wildman–Crippen MR) is 72.8 cm³/mol. The summed E-state index contributed by atoms with van der Waals surface area (Å²) in [5.41, 5.74) is 0. The smallest absolute Gasteiger partial charge is 0.0781 e. The fourth-order valence-corrected chi connectivity index (χ4v) is 0.947. The van der Waals surface area contributed by atoms with Crippen LogP contribution in [0.1, 0.15) is 26.7 Å². The lowest BCUT2D eigenvalue weighted by atomic mass is 10.3. The second-order valence-electron chi connectivity index (χ2n) is 3.16. The molecule has 0 saturated heterocycles. The maximum absolute atomic E-state index is 5.44. The van der Waals surface area contributed by atoms with Gasteiger partial charge in [0.05, 0.1) is 21.4 Å². The monoisotopic (exact) mass is 258 g/mol. The van der Waals surface area contributed by atoms with Crippen molar-refractivity contribution >= 4 is 50.5 Å². The van der Waals surface area contributed by atoms with Gasteiger partial charge in [-0.2, -0.15) is 50.5 Å². The molecule has 0 aromatic heterocycles. The van der Waals surface area contributed by atoms with Crippen molar-refractivity contribution in [1.29, 1.82) is 0 Å². The fraction of sp³-hybridized carbons (Fsp3) is 1.00. The molecular formula is C8H18OS4. The third kappa shape index (κ3) is 7.31. The molecule has 0 aromatic carbocycles. The van der Waals surface area contributed by atoms with E-state index in [1.807, 2.05) is 13.8 Å². The van der Waals surface area contributed by atoms with Gasteiger partial charge in [-0.25, -0.2) is 0 Å². The molecule has 0 atom stereocenters. The van der Waals surface area contributed by atoms with Gasteiger partial charge in [-0.05, 0) is 12.8 Å². The fourth-order valence-electron chi connectivity index (χ4n) is 0.582. The van der Waals surface area contributed by atoms with Gasteiger partial charge in [0.25, 0.3) is 0 Å². The molecule has 0 aliphatic carbocycles. The van der Waals surface area contributed by atoms with Crippen LogP contribution < -0.4 is 0 Å². The SMILES string of the molecule is CCC(S)(S)COCC(S)(S)CC. The van der Waals surface area contributed by atoms with E-state index >= 15 is 0 Å². The Bertz CT molecular complexity index is 131. The molecular weight excluding hydrogens is 240 g/mol. The Hall–Kier alpha value is 1.36. The van der Waals surface area contributed by atoms with Crippen molar-refractivity contribution in [2.75, 3.05) is 13.2 Å². The molecule has 1 nitrogen and oxygen atoms in total. The van der Waals surface area contributed by atoms with Crippen molar-refractivity contribution in [3.63, 3.8) is 0 Å². The molecule has 0 aliphatic rings. The van der Waals surface area contributed by atoms with Crippen molar-refractivity contribution in [2.24, 2.45) is 0 Å². The van der Waals surface area contributed by atoms with Crippen LogP contribution in [0.25, 0.3) is 0 Å². The molecule has 0 rings (SSSR count). The molecule has 0 unspecified atom stereocenters. The average Bonchev–Trinajstić information content (AvgIpc) is 2.04. The van der Waals surface area contributed by atoms with E-state index in [-0.39, 0.29) is 8.16 Å². The Morgan fingerprint density at radius 1 is 0.846 bits per heavy atom. The number of hydrogen-bond donors (Lipinski definition) is 4. The Kier molecular flexibility index (Phi) is 6.69. The molecule has 0 saturated carbocycles. The van der Waals surface area contributed by atoms with Gasteiger partial charge in [0, 0.05) is 0 Å². The van der Waals surface area contributed by atoms with Crippen LogP contribution in [-0.4, -0.2) is 21.4 Å². The molecule has 0 N–H and O–H groups in total. The summed E-state index contributed by atoms with van der Waals surface area (Å²) in [6.45, 7) is 5.08. The summed E-state index contributed by atoms with van der Waals surface area (Å²) >= 11 is 17.3. The third-order valence-corrected chi connectivity index (χ3v) is 3.58. The minimum absolute atomic E-state index is 0.342. The molecule has 0 amide bonds. The molecule has 0 heterocycles. The van der Waals surface area contributed by atoms with Gasteiger partial charge in [-0.15, -0.1) is 0 Å². The minimum atomic E-state index is -0.342. The summed E-state index contributed by atoms with van der Waals surface area (Å²) in [6.07, 6.45) is 1.72. The summed E-state index contributed by atoms with van der Waals surface area (Å²) in [5, 5.41) is 0. The van der Waals surface area contributed by atoms with Crippen molar-refractivity contribution in [1.82, 2.24) is 0 Å². The lowest BCUT2D eigenvalue weighted by molar-refractivity contribution is 0.125. The Balaban J connectivity index is 3.68. The molecule has 13 heavy (non-hydrogen) atoms. The molecule has 0 radical (unpaired) electrons. The highest BCUT2D eigenvalue weighted by Gasteiger charge is 2.22. The van der Waals surface area contributed by atoms with Crippen LogP contribution in [-0.2, 0) is 4.74 Å². The van der Waals surface area contributed by atoms with E-state index in [1.54, 1.807) is 0 Å². The zero-order valence-electron chi connectivity index (χ0n) is 8.03. The first-order chi connectivity index (χ1) is 5.83. The predicted octanol–water partition coefficient (Wildman–Crippen LogP) is 2.93.